The predicted molar refractivity (Wildman–Crippen MR) is 76.0 cm³/mol. The maximum atomic E-state index is 5.41. The topological polar surface area (TPSA) is 34.2 Å². The number of rotatable bonds is 9. The third-order valence-electron chi connectivity index (χ3n) is 3.15. The molecule has 1 aromatic rings. The van der Waals surface area contributed by atoms with Gasteiger partial charge in [0.1, 0.15) is 5.75 Å². The molecule has 0 aromatic carbocycles. The summed E-state index contributed by atoms with van der Waals surface area (Å²) in [5, 5.41) is 3.61. The third kappa shape index (κ3) is 4.65. The van der Waals surface area contributed by atoms with Gasteiger partial charge >= 0.3 is 0 Å². The van der Waals surface area contributed by atoms with Crippen molar-refractivity contribution in [2.75, 3.05) is 13.7 Å². The third-order valence-corrected chi connectivity index (χ3v) is 3.15. The SMILES string of the molecule is CCCCCC(NCCC)c1ccncc1OC. The van der Waals surface area contributed by atoms with E-state index < -0.39 is 0 Å². The fraction of sp³-hybridized carbons (Fsp3) is 0.667. The molecule has 3 heteroatoms. The average Bonchev–Trinajstić information content (AvgIpc) is 2.42. The second kappa shape index (κ2) is 8.92. The smallest absolute Gasteiger partial charge is 0.141 e. The van der Waals surface area contributed by atoms with Crippen molar-refractivity contribution < 1.29 is 4.74 Å². The Balaban J connectivity index is 2.72. The number of unbranched alkanes of at least 4 members (excludes halogenated alkanes) is 2. The van der Waals surface area contributed by atoms with Crippen LogP contribution in [0.3, 0.4) is 0 Å². The van der Waals surface area contributed by atoms with E-state index in [-0.39, 0.29) is 0 Å². The summed E-state index contributed by atoms with van der Waals surface area (Å²) in [6.45, 7) is 5.48. The van der Waals surface area contributed by atoms with Crippen molar-refractivity contribution >= 4 is 0 Å². The molecular formula is C15H26N2O. The summed E-state index contributed by atoms with van der Waals surface area (Å²) in [4.78, 5) is 4.12. The first kappa shape index (κ1) is 15.0. The van der Waals surface area contributed by atoms with Crippen molar-refractivity contribution in [3.05, 3.63) is 24.0 Å². The van der Waals surface area contributed by atoms with E-state index in [0.717, 1.165) is 25.1 Å². The van der Waals surface area contributed by atoms with Gasteiger partial charge in [0, 0.05) is 17.8 Å². The Labute approximate surface area is 111 Å². The van der Waals surface area contributed by atoms with Crippen LogP contribution in [-0.4, -0.2) is 18.6 Å². The second-order valence-corrected chi connectivity index (χ2v) is 4.62. The fourth-order valence-electron chi connectivity index (χ4n) is 2.13. The lowest BCUT2D eigenvalue weighted by atomic mass is 10.0. The molecule has 0 saturated carbocycles. The lowest BCUT2D eigenvalue weighted by Crippen LogP contribution is -2.22. The van der Waals surface area contributed by atoms with Gasteiger partial charge in [0.15, 0.2) is 0 Å². The Bertz CT molecular complexity index is 328. The van der Waals surface area contributed by atoms with Gasteiger partial charge in [0.25, 0.3) is 0 Å². The van der Waals surface area contributed by atoms with Gasteiger partial charge in [0.05, 0.1) is 13.3 Å². The Hall–Kier alpha value is -1.09. The van der Waals surface area contributed by atoms with E-state index in [1.165, 1.54) is 24.8 Å². The number of methoxy groups -OCH3 is 1. The molecule has 1 N–H and O–H groups in total. The molecule has 0 bridgehead atoms. The molecule has 1 atom stereocenters. The summed E-state index contributed by atoms with van der Waals surface area (Å²) in [5.41, 5.74) is 1.23. The second-order valence-electron chi connectivity index (χ2n) is 4.62. The Morgan fingerprint density at radius 1 is 1.28 bits per heavy atom. The van der Waals surface area contributed by atoms with Crippen LogP contribution in [0.25, 0.3) is 0 Å². The highest BCUT2D eigenvalue weighted by molar-refractivity contribution is 5.32. The van der Waals surface area contributed by atoms with Crippen LogP contribution in [0.4, 0.5) is 0 Å². The van der Waals surface area contributed by atoms with Crippen molar-refractivity contribution in [2.45, 2.75) is 52.0 Å². The summed E-state index contributed by atoms with van der Waals surface area (Å²) in [6, 6.07) is 2.45. The van der Waals surface area contributed by atoms with Gasteiger partial charge in [-0.2, -0.15) is 0 Å². The molecule has 0 amide bonds. The minimum absolute atomic E-state index is 0.384. The zero-order valence-electron chi connectivity index (χ0n) is 11.9. The highest BCUT2D eigenvalue weighted by Crippen LogP contribution is 2.27. The number of nitrogens with one attached hydrogen (secondary N) is 1. The van der Waals surface area contributed by atoms with Crippen LogP contribution >= 0.6 is 0 Å². The lowest BCUT2D eigenvalue weighted by molar-refractivity contribution is 0.390. The molecular weight excluding hydrogens is 224 g/mol. The highest BCUT2D eigenvalue weighted by atomic mass is 16.5. The molecule has 1 rings (SSSR count). The van der Waals surface area contributed by atoms with Crippen LogP contribution in [0, 0.1) is 0 Å². The lowest BCUT2D eigenvalue weighted by Gasteiger charge is -2.20. The largest absolute Gasteiger partial charge is 0.495 e. The van der Waals surface area contributed by atoms with Gasteiger partial charge in [-0.3, -0.25) is 4.98 Å². The van der Waals surface area contributed by atoms with E-state index in [0.29, 0.717) is 6.04 Å². The number of hydrogen-bond acceptors (Lipinski definition) is 3. The maximum Gasteiger partial charge on any atom is 0.141 e. The number of pyridine rings is 1. The molecule has 0 radical (unpaired) electrons. The summed E-state index contributed by atoms with van der Waals surface area (Å²) >= 11 is 0. The Morgan fingerprint density at radius 3 is 2.78 bits per heavy atom. The van der Waals surface area contributed by atoms with Gasteiger partial charge in [-0.05, 0) is 25.5 Å². The molecule has 0 saturated heterocycles. The molecule has 1 heterocycles. The first-order valence-electron chi connectivity index (χ1n) is 7.04. The van der Waals surface area contributed by atoms with Crippen molar-refractivity contribution in [1.82, 2.24) is 10.3 Å². The normalized spacial score (nSPS) is 12.4. The van der Waals surface area contributed by atoms with Crippen LogP contribution in [0.5, 0.6) is 5.75 Å². The molecule has 1 aromatic heterocycles. The van der Waals surface area contributed by atoms with E-state index in [1.807, 2.05) is 6.20 Å². The molecule has 0 aliphatic carbocycles. The monoisotopic (exact) mass is 250 g/mol. The zero-order valence-corrected chi connectivity index (χ0v) is 11.9. The summed E-state index contributed by atoms with van der Waals surface area (Å²) in [6.07, 6.45) is 9.76. The fourth-order valence-corrected chi connectivity index (χ4v) is 2.13. The van der Waals surface area contributed by atoms with Gasteiger partial charge in [-0.1, -0.05) is 33.1 Å². The summed E-state index contributed by atoms with van der Waals surface area (Å²) in [7, 11) is 1.71. The van der Waals surface area contributed by atoms with Crippen molar-refractivity contribution in [1.29, 1.82) is 0 Å². The molecule has 3 nitrogen and oxygen atoms in total. The molecule has 102 valence electrons. The van der Waals surface area contributed by atoms with Crippen LogP contribution < -0.4 is 10.1 Å². The molecule has 0 spiro atoms. The zero-order chi connectivity index (χ0) is 13.2. The Kier molecular flexibility index (Phi) is 7.42. The molecule has 0 aliphatic rings. The van der Waals surface area contributed by atoms with E-state index in [9.17, 15) is 0 Å². The van der Waals surface area contributed by atoms with E-state index in [4.69, 9.17) is 4.74 Å². The molecule has 1 unspecified atom stereocenters. The van der Waals surface area contributed by atoms with E-state index in [2.05, 4.69) is 30.2 Å². The molecule has 18 heavy (non-hydrogen) atoms. The van der Waals surface area contributed by atoms with Crippen LogP contribution in [0.15, 0.2) is 18.5 Å². The number of aromatic nitrogens is 1. The minimum atomic E-state index is 0.384. The highest BCUT2D eigenvalue weighted by Gasteiger charge is 2.14. The van der Waals surface area contributed by atoms with Crippen molar-refractivity contribution in [3.8, 4) is 5.75 Å². The Morgan fingerprint density at radius 2 is 2.11 bits per heavy atom. The first-order chi connectivity index (χ1) is 8.83. The quantitative estimate of drug-likeness (QED) is 0.678. The number of nitrogens with zero attached hydrogens (tertiary/aromatic N) is 1. The van der Waals surface area contributed by atoms with E-state index in [1.54, 1.807) is 13.3 Å². The van der Waals surface area contributed by atoms with Gasteiger partial charge in [-0.15, -0.1) is 0 Å². The van der Waals surface area contributed by atoms with Crippen LogP contribution in [0.2, 0.25) is 0 Å². The number of ether oxygens (including phenoxy) is 1. The van der Waals surface area contributed by atoms with Crippen molar-refractivity contribution in [3.63, 3.8) is 0 Å². The maximum absolute atomic E-state index is 5.41. The van der Waals surface area contributed by atoms with Crippen LogP contribution in [-0.2, 0) is 0 Å². The van der Waals surface area contributed by atoms with Crippen LogP contribution in [0.1, 0.15) is 57.6 Å². The first-order valence-corrected chi connectivity index (χ1v) is 7.04. The average molecular weight is 250 g/mol. The summed E-state index contributed by atoms with van der Waals surface area (Å²) < 4.78 is 5.41. The minimum Gasteiger partial charge on any atom is -0.495 e. The van der Waals surface area contributed by atoms with E-state index >= 15 is 0 Å². The van der Waals surface area contributed by atoms with Gasteiger partial charge in [0.2, 0.25) is 0 Å². The van der Waals surface area contributed by atoms with Gasteiger partial charge in [-0.25, -0.2) is 0 Å². The predicted octanol–water partition coefficient (Wildman–Crippen LogP) is 3.71. The summed E-state index contributed by atoms with van der Waals surface area (Å²) in [5.74, 6) is 0.891. The van der Waals surface area contributed by atoms with Gasteiger partial charge < -0.3 is 10.1 Å². The molecule has 0 fully saturated rings. The molecule has 0 aliphatic heterocycles. The standard InChI is InChI=1S/C15H26N2O/c1-4-6-7-8-14(17-10-5-2)13-9-11-16-12-15(13)18-3/h9,11-12,14,17H,4-8,10H2,1-3H3. The van der Waals surface area contributed by atoms with Crippen molar-refractivity contribution in [2.24, 2.45) is 0 Å². The number of hydrogen-bond donors (Lipinski definition) is 1.